The molecule has 1 aromatic carbocycles. The van der Waals surface area contributed by atoms with Crippen molar-refractivity contribution in [2.45, 2.75) is 19.4 Å². The molecule has 1 N–H and O–H groups in total. The van der Waals surface area contributed by atoms with Gasteiger partial charge in [0.1, 0.15) is 0 Å². The van der Waals surface area contributed by atoms with Crippen molar-refractivity contribution in [3.8, 4) is 0 Å². The summed E-state index contributed by atoms with van der Waals surface area (Å²) in [5, 5.41) is 7.09. The Morgan fingerprint density at radius 2 is 2.20 bits per heavy atom. The summed E-state index contributed by atoms with van der Waals surface area (Å²) in [4.78, 5) is 4.32. The van der Waals surface area contributed by atoms with Gasteiger partial charge >= 0.3 is 0 Å². The number of aromatic nitrogens is 2. The van der Waals surface area contributed by atoms with Gasteiger partial charge in [0, 0.05) is 23.0 Å². The van der Waals surface area contributed by atoms with Gasteiger partial charge in [0.15, 0.2) is 5.82 Å². The third-order valence-electron chi connectivity index (χ3n) is 2.73. The molecule has 1 atom stereocenters. The van der Waals surface area contributed by atoms with Crippen LogP contribution < -0.4 is 5.32 Å². The average molecular weight is 359 g/mol. The van der Waals surface area contributed by atoms with E-state index in [2.05, 4.69) is 38.3 Å². The molecule has 1 heterocycles. The van der Waals surface area contributed by atoms with Crippen molar-refractivity contribution in [1.82, 2.24) is 15.5 Å². The Bertz CT molecular complexity index is 571. The second-order valence-corrected chi connectivity index (χ2v) is 5.25. The Labute approximate surface area is 133 Å². The first-order chi connectivity index (χ1) is 9.17. The number of rotatable bonds is 5. The van der Waals surface area contributed by atoms with Gasteiger partial charge in [0.2, 0.25) is 0 Å². The number of nitrogens with one attached hydrogen (secondary N) is 1. The summed E-state index contributed by atoms with van der Waals surface area (Å²) in [6.07, 6.45) is 4.52. The highest BCUT2D eigenvalue weighted by molar-refractivity contribution is 9.10. The van der Waals surface area contributed by atoms with Crippen molar-refractivity contribution in [2.24, 2.45) is 0 Å². The summed E-state index contributed by atoms with van der Waals surface area (Å²) in [6.45, 7) is 2.08. The molecule has 0 fully saturated rings. The number of halogens is 2. The lowest BCUT2D eigenvalue weighted by atomic mass is 10.2. The van der Waals surface area contributed by atoms with E-state index in [1.54, 1.807) is 0 Å². The second-order valence-electron chi connectivity index (χ2n) is 4.33. The van der Waals surface area contributed by atoms with Gasteiger partial charge in [-0.25, -0.2) is 0 Å². The topological polar surface area (TPSA) is 51.0 Å². The fourth-order valence-corrected chi connectivity index (χ4v) is 1.99. The maximum atomic E-state index is 5.17. The molecule has 0 radical (unpaired) electrons. The van der Waals surface area contributed by atoms with Crippen molar-refractivity contribution in [3.05, 3.63) is 46.0 Å². The standard InChI is InChI=1S/C14H16BrN3O.ClH/c1-10(16-2)8-13-17-14(19-18-13)7-6-11-4-3-5-12(15)9-11;/h3-7,9-10,16H,8H2,1-2H3;1H/b7-6+;. The van der Waals surface area contributed by atoms with Gasteiger partial charge in [-0.3, -0.25) is 0 Å². The summed E-state index contributed by atoms with van der Waals surface area (Å²) in [7, 11) is 1.92. The van der Waals surface area contributed by atoms with Crippen LogP contribution >= 0.6 is 28.3 Å². The van der Waals surface area contributed by atoms with Crippen LogP contribution in [0.15, 0.2) is 33.3 Å². The summed E-state index contributed by atoms with van der Waals surface area (Å²) in [5.41, 5.74) is 1.08. The molecule has 0 aliphatic carbocycles. The van der Waals surface area contributed by atoms with Crippen LogP contribution in [-0.2, 0) is 6.42 Å². The first kappa shape index (κ1) is 16.9. The van der Waals surface area contributed by atoms with Crippen molar-refractivity contribution in [1.29, 1.82) is 0 Å². The van der Waals surface area contributed by atoms with Crippen molar-refractivity contribution < 1.29 is 4.52 Å². The van der Waals surface area contributed by atoms with Crippen LogP contribution in [0.5, 0.6) is 0 Å². The molecule has 0 amide bonds. The quantitative estimate of drug-likeness (QED) is 0.887. The molecule has 108 valence electrons. The smallest absolute Gasteiger partial charge is 0.250 e. The third-order valence-corrected chi connectivity index (χ3v) is 3.23. The maximum absolute atomic E-state index is 5.17. The van der Waals surface area contributed by atoms with E-state index in [0.717, 1.165) is 22.3 Å². The zero-order chi connectivity index (χ0) is 13.7. The Morgan fingerprint density at radius 3 is 2.90 bits per heavy atom. The molecule has 6 heteroatoms. The summed E-state index contributed by atoms with van der Waals surface area (Å²) < 4.78 is 6.22. The predicted octanol–water partition coefficient (Wildman–Crippen LogP) is 3.57. The highest BCUT2D eigenvalue weighted by Gasteiger charge is 2.07. The maximum Gasteiger partial charge on any atom is 0.250 e. The minimum absolute atomic E-state index is 0. The van der Waals surface area contributed by atoms with Gasteiger partial charge in [-0.05, 0) is 37.7 Å². The van der Waals surface area contributed by atoms with Gasteiger partial charge in [0.25, 0.3) is 5.89 Å². The highest BCUT2D eigenvalue weighted by Crippen LogP contribution is 2.14. The van der Waals surface area contributed by atoms with Crippen LogP contribution in [0.1, 0.15) is 24.2 Å². The lowest BCUT2D eigenvalue weighted by Crippen LogP contribution is -2.24. The fourth-order valence-electron chi connectivity index (χ4n) is 1.57. The predicted molar refractivity (Wildman–Crippen MR) is 86.8 cm³/mol. The van der Waals surface area contributed by atoms with E-state index in [0.29, 0.717) is 11.9 Å². The minimum Gasteiger partial charge on any atom is -0.335 e. The molecule has 2 aromatic rings. The molecule has 0 saturated heterocycles. The molecule has 2 rings (SSSR count). The third kappa shape index (κ3) is 5.07. The first-order valence-corrected chi connectivity index (χ1v) is 6.90. The number of hydrogen-bond acceptors (Lipinski definition) is 4. The van der Waals surface area contributed by atoms with Crippen LogP contribution in [0.4, 0.5) is 0 Å². The van der Waals surface area contributed by atoms with Crippen LogP contribution in [0.25, 0.3) is 12.2 Å². The summed E-state index contributed by atoms with van der Waals surface area (Å²) in [6, 6.07) is 8.34. The van der Waals surface area contributed by atoms with Crippen LogP contribution in [0, 0.1) is 0 Å². The molecule has 0 aliphatic heterocycles. The Balaban J connectivity index is 0.00000200. The summed E-state index contributed by atoms with van der Waals surface area (Å²) >= 11 is 3.44. The summed E-state index contributed by atoms with van der Waals surface area (Å²) in [5.74, 6) is 1.24. The van der Waals surface area contributed by atoms with E-state index in [-0.39, 0.29) is 12.4 Å². The van der Waals surface area contributed by atoms with Crippen molar-refractivity contribution >= 4 is 40.5 Å². The van der Waals surface area contributed by atoms with Gasteiger partial charge in [-0.15, -0.1) is 12.4 Å². The zero-order valence-electron chi connectivity index (χ0n) is 11.3. The van der Waals surface area contributed by atoms with Crippen molar-refractivity contribution in [3.63, 3.8) is 0 Å². The molecule has 1 aromatic heterocycles. The van der Waals surface area contributed by atoms with Gasteiger partial charge in [0.05, 0.1) is 0 Å². The van der Waals surface area contributed by atoms with Crippen molar-refractivity contribution in [2.75, 3.05) is 7.05 Å². The molecule has 0 aliphatic rings. The molecule has 0 spiro atoms. The van der Waals surface area contributed by atoms with E-state index in [4.69, 9.17) is 4.52 Å². The Kier molecular flexibility index (Phi) is 6.91. The fraction of sp³-hybridized carbons (Fsp3) is 0.286. The second kappa shape index (κ2) is 8.19. The zero-order valence-corrected chi connectivity index (χ0v) is 13.7. The van der Waals surface area contributed by atoms with Crippen LogP contribution in [-0.4, -0.2) is 23.2 Å². The monoisotopic (exact) mass is 357 g/mol. The normalized spacial score (nSPS) is 12.3. The average Bonchev–Trinajstić information content (AvgIpc) is 2.84. The lowest BCUT2D eigenvalue weighted by Gasteiger charge is -2.04. The SMILES string of the molecule is CNC(C)Cc1noc(/C=C/c2cccc(Br)c2)n1.Cl. The Hall–Kier alpha value is -1.17. The largest absolute Gasteiger partial charge is 0.335 e. The van der Waals surface area contributed by atoms with E-state index in [1.807, 2.05) is 43.5 Å². The molecule has 1 unspecified atom stereocenters. The molecule has 0 bridgehead atoms. The Morgan fingerprint density at radius 1 is 1.40 bits per heavy atom. The minimum atomic E-state index is 0. The number of likely N-dealkylation sites (N-methyl/N-ethyl adjacent to an activating group) is 1. The number of benzene rings is 1. The van der Waals surface area contributed by atoms with E-state index < -0.39 is 0 Å². The van der Waals surface area contributed by atoms with Crippen LogP contribution in [0.2, 0.25) is 0 Å². The van der Waals surface area contributed by atoms with E-state index in [1.165, 1.54) is 0 Å². The van der Waals surface area contributed by atoms with Gasteiger partial charge in [-0.2, -0.15) is 4.98 Å². The lowest BCUT2D eigenvalue weighted by molar-refractivity contribution is 0.400. The molecule has 0 saturated carbocycles. The van der Waals surface area contributed by atoms with Gasteiger partial charge in [-0.1, -0.05) is 33.2 Å². The van der Waals surface area contributed by atoms with E-state index >= 15 is 0 Å². The highest BCUT2D eigenvalue weighted by atomic mass is 79.9. The van der Waals surface area contributed by atoms with Crippen LogP contribution in [0.3, 0.4) is 0 Å². The molecule has 20 heavy (non-hydrogen) atoms. The van der Waals surface area contributed by atoms with E-state index in [9.17, 15) is 0 Å². The number of hydrogen-bond donors (Lipinski definition) is 1. The first-order valence-electron chi connectivity index (χ1n) is 6.11. The number of nitrogens with zero attached hydrogens (tertiary/aromatic N) is 2. The molecular weight excluding hydrogens is 342 g/mol. The van der Waals surface area contributed by atoms with Gasteiger partial charge < -0.3 is 9.84 Å². The molecular formula is C14H17BrClN3O. The molecule has 4 nitrogen and oxygen atoms in total.